The Morgan fingerprint density at radius 3 is 2.48 bits per heavy atom. The highest BCUT2D eigenvalue weighted by atomic mass is 16.5. The molecule has 1 aliphatic rings. The van der Waals surface area contributed by atoms with Gasteiger partial charge in [-0.05, 0) is 40.8 Å². The van der Waals surface area contributed by atoms with Crippen LogP contribution in [0, 0.1) is 6.92 Å². The van der Waals surface area contributed by atoms with Crippen molar-refractivity contribution in [1.29, 1.82) is 0 Å². The Bertz CT molecular complexity index is 1030. The summed E-state index contributed by atoms with van der Waals surface area (Å²) >= 11 is 0. The van der Waals surface area contributed by atoms with Crippen molar-refractivity contribution in [3.05, 3.63) is 89.3 Å². The maximum Gasteiger partial charge on any atom is 0.407 e. The van der Waals surface area contributed by atoms with Crippen LogP contribution in [0.15, 0.2) is 66.9 Å². The first-order chi connectivity index (χ1) is 14.1. The largest absolute Gasteiger partial charge is 0.449 e. The second-order valence-electron chi connectivity index (χ2n) is 7.05. The topological polar surface area (TPSA) is 77.2 Å². The van der Waals surface area contributed by atoms with Gasteiger partial charge in [0.1, 0.15) is 6.61 Å². The summed E-state index contributed by atoms with van der Waals surface area (Å²) in [4.78, 5) is 16.4. The molecule has 0 saturated heterocycles. The summed E-state index contributed by atoms with van der Waals surface area (Å²) in [6, 6.07) is 18.4. The molecule has 146 valence electrons. The van der Waals surface area contributed by atoms with Gasteiger partial charge in [-0.25, -0.2) is 4.79 Å². The van der Waals surface area contributed by atoms with E-state index in [-0.39, 0.29) is 5.92 Å². The number of aromatic nitrogens is 1. The van der Waals surface area contributed by atoms with Crippen molar-refractivity contribution in [2.45, 2.75) is 12.8 Å². The summed E-state index contributed by atoms with van der Waals surface area (Å²) in [6.07, 6.45) is 4.94. The number of nitrogen functional groups attached to an aromatic ring is 1. The van der Waals surface area contributed by atoms with Gasteiger partial charge in [-0.1, -0.05) is 60.7 Å². The summed E-state index contributed by atoms with van der Waals surface area (Å²) in [6.45, 7) is 2.59. The summed E-state index contributed by atoms with van der Waals surface area (Å²) in [5.41, 5.74) is 13.0. The number of carbonyl (C=O) groups is 1. The van der Waals surface area contributed by atoms with E-state index >= 15 is 0 Å². The highest BCUT2D eigenvalue weighted by Gasteiger charge is 2.28. The molecule has 0 fully saturated rings. The van der Waals surface area contributed by atoms with E-state index < -0.39 is 6.09 Å². The number of ether oxygens (including phenoxy) is 1. The normalized spacial score (nSPS) is 12.6. The second-order valence-corrected chi connectivity index (χ2v) is 7.05. The van der Waals surface area contributed by atoms with Gasteiger partial charge >= 0.3 is 6.09 Å². The lowest BCUT2D eigenvalue weighted by molar-refractivity contribution is 0.144. The molecular formula is C24H23N3O2. The number of aryl methyl sites for hydroxylation is 1. The molecule has 0 atom stereocenters. The fraction of sp³-hybridized carbons (Fsp3) is 0.167. The van der Waals surface area contributed by atoms with Crippen LogP contribution in [-0.2, 0) is 4.74 Å². The van der Waals surface area contributed by atoms with Crippen LogP contribution in [0.2, 0.25) is 0 Å². The predicted octanol–water partition coefficient (Wildman–Crippen LogP) is 4.52. The number of nitrogens with zero attached hydrogens (tertiary/aromatic N) is 1. The van der Waals surface area contributed by atoms with E-state index in [9.17, 15) is 4.79 Å². The van der Waals surface area contributed by atoms with E-state index in [0.29, 0.717) is 18.8 Å². The van der Waals surface area contributed by atoms with Gasteiger partial charge in [0.15, 0.2) is 0 Å². The number of nitrogens with two attached hydrogens (primary N) is 1. The quantitative estimate of drug-likeness (QED) is 0.677. The van der Waals surface area contributed by atoms with Gasteiger partial charge in [0, 0.05) is 18.2 Å². The summed E-state index contributed by atoms with van der Waals surface area (Å²) in [5.74, 6) is 0.0599. The Morgan fingerprint density at radius 2 is 1.79 bits per heavy atom. The summed E-state index contributed by atoms with van der Waals surface area (Å²) in [7, 11) is 0. The molecule has 1 aromatic heterocycles. The highest BCUT2D eigenvalue weighted by molar-refractivity contribution is 5.79. The minimum Gasteiger partial charge on any atom is -0.449 e. The van der Waals surface area contributed by atoms with Crippen LogP contribution in [0.25, 0.3) is 17.2 Å². The van der Waals surface area contributed by atoms with Crippen LogP contribution >= 0.6 is 0 Å². The van der Waals surface area contributed by atoms with Crippen molar-refractivity contribution in [2.24, 2.45) is 0 Å². The SMILES string of the molecule is Cc1ncc(N)cc1C=CCNC(=O)OCC1c2ccccc2-c2ccccc21. The van der Waals surface area contributed by atoms with Crippen LogP contribution < -0.4 is 11.1 Å². The van der Waals surface area contributed by atoms with E-state index in [0.717, 1.165) is 11.3 Å². The minimum absolute atomic E-state index is 0.0599. The number of hydrogen-bond acceptors (Lipinski definition) is 4. The van der Waals surface area contributed by atoms with E-state index in [2.05, 4.69) is 34.6 Å². The first kappa shape index (κ1) is 18.7. The molecule has 1 heterocycles. The van der Waals surface area contributed by atoms with Gasteiger partial charge in [0.05, 0.1) is 11.9 Å². The average Bonchev–Trinajstić information content (AvgIpc) is 3.06. The third-order valence-electron chi connectivity index (χ3n) is 5.15. The molecule has 5 nitrogen and oxygen atoms in total. The Labute approximate surface area is 170 Å². The van der Waals surface area contributed by atoms with Crippen molar-refractivity contribution >= 4 is 17.9 Å². The number of alkyl carbamates (subject to hydrolysis) is 1. The number of hydrogen-bond donors (Lipinski definition) is 2. The molecule has 3 N–H and O–H groups in total. The van der Waals surface area contributed by atoms with Crippen molar-refractivity contribution in [2.75, 3.05) is 18.9 Å². The molecule has 29 heavy (non-hydrogen) atoms. The molecule has 0 radical (unpaired) electrons. The van der Waals surface area contributed by atoms with E-state index in [1.807, 2.05) is 49.4 Å². The zero-order chi connectivity index (χ0) is 20.2. The number of nitrogens with one attached hydrogen (secondary N) is 1. The molecule has 0 spiro atoms. The van der Waals surface area contributed by atoms with Crippen molar-refractivity contribution in [1.82, 2.24) is 10.3 Å². The van der Waals surface area contributed by atoms with Crippen LogP contribution in [0.1, 0.15) is 28.3 Å². The molecule has 2 aromatic carbocycles. The Balaban J connectivity index is 1.34. The third kappa shape index (κ3) is 3.99. The second kappa shape index (κ2) is 8.19. The first-order valence-corrected chi connectivity index (χ1v) is 9.61. The standard InChI is InChI=1S/C24H23N3O2/c1-16-17(13-18(25)14-27-16)7-6-12-26-24(28)29-15-23-21-10-4-2-8-19(21)20-9-3-5-11-22(20)23/h2-11,13-14,23H,12,15,25H2,1H3,(H,26,28). The lowest BCUT2D eigenvalue weighted by Gasteiger charge is -2.14. The molecule has 1 aliphatic carbocycles. The number of fused-ring (bicyclic) bond motifs is 3. The van der Waals surface area contributed by atoms with Crippen LogP contribution in [0.5, 0.6) is 0 Å². The number of benzene rings is 2. The molecule has 0 saturated carbocycles. The average molecular weight is 385 g/mol. The molecule has 1 amide bonds. The number of rotatable bonds is 5. The van der Waals surface area contributed by atoms with Gasteiger partial charge in [0.2, 0.25) is 0 Å². The van der Waals surface area contributed by atoms with Crippen molar-refractivity contribution in [3.63, 3.8) is 0 Å². The molecule has 3 aromatic rings. The molecule has 4 rings (SSSR count). The fourth-order valence-corrected chi connectivity index (χ4v) is 3.71. The number of amides is 1. The van der Waals surface area contributed by atoms with Crippen molar-refractivity contribution in [3.8, 4) is 11.1 Å². The Morgan fingerprint density at radius 1 is 1.14 bits per heavy atom. The third-order valence-corrected chi connectivity index (χ3v) is 5.15. The summed E-state index contributed by atoms with van der Waals surface area (Å²) in [5, 5.41) is 2.76. The van der Waals surface area contributed by atoms with Gasteiger partial charge in [-0.15, -0.1) is 0 Å². The Kier molecular flexibility index (Phi) is 5.29. The zero-order valence-electron chi connectivity index (χ0n) is 16.3. The maximum atomic E-state index is 12.2. The molecule has 5 heteroatoms. The highest BCUT2D eigenvalue weighted by Crippen LogP contribution is 2.44. The number of carbonyl (C=O) groups excluding carboxylic acids is 1. The number of pyridine rings is 1. The predicted molar refractivity (Wildman–Crippen MR) is 115 cm³/mol. The minimum atomic E-state index is -0.432. The molecule has 0 aliphatic heterocycles. The van der Waals surface area contributed by atoms with E-state index in [1.165, 1.54) is 22.3 Å². The zero-order valence-corrected chi connectivity index (χ0v) is 16.3. The molecule has 0 bridgehead atoms. The van der Waals surface area contributed by atoms with Crippen molar-refractivity contribution < 1.29 is 9.53 Å². The smallest absolute Gasteiger partial charge is 0.407 e. The van der Waals surface area contributed by atoms with Gasteiger partial charge in [0.25, 0.3) is 0 Å². The molecule has 0 unspecified atom stereocenters. The lowest BCUT2D eigenvalue weighted by atomic mass is 9.98. The van der Waals surface area contributed by atoms with Gasteiger partial charge < -0.3 is 15.8 Å². The monoisotopic (exact) mass is 385 g/mol. The van der Waals surface area contributed by atoms with E-state index in [4.69, 9.17) is 10.5 Å². The summed E-state index contributed by atoms with van der Waals surface area (Å²) < 4.78 is 5.52. The van der Waals surface area contributed by atoms with Crippen LogP contribution in [0.4, 0.5) is 10.5 Å². The lowest BCUT2D eigenvalue weighted by Crippen LogP contribution is -2.26. The maximum absolute atomic E-state index is 12.2. The number of anilines is 1. The fourth-order valence-electron chi connectivity index (χ4n) is 3.71. The molecular weight excluding hydrogens is 362 g/mol. The first-order valence-electron chi connectivity index (χ1n) is 9.61. The van der Waals surface area contributed by atoms with Crippen LogP contribution in [-0.4, -0.2) is 24.2 Å². The van der Waals surface area contributed by atoms with E-state index in [1.54, 1.807) is 6.20 Å². The van der Waals surface area contributed by atoms with Gasteiger partial charge in [-0.3, -0.25) is 4.98 Å². The van der Waals surface area contributed by atoms with Crippen LogP contribution in [0.3, 0.4) is 0 Å². The Hall–Kier alpha value is -3.60. The van der Waals surface area contributed by atoms with Gasteiger partial charge in [-0.2, -0.15) is 0 Å².